The van der Waals surface area contributed by atoms with E-state index in [2.05, 4.69) is 23.2 Å². The molecule has 1 aliphatic rings. The molecular weight excluding hydrogens is 150 g/mol. The van der Waals surface area contributed by atoms with Gasteiger partial charge in [-0.1, -0.05) is 24.3 Å². The minimum atomic E-state index is 0.748. The molecule has 0 spiro atoms. The van der Waals surface area contributed by atoms with E-state index in [1.165, 1.54) is 0 Å². The Kier molecular flexibility index (Phi) is 3.92. The summed E-state index contributed by atoms with van der Waals surface area (Å²) in [5.74, 6) is 0.748. The number of allylic oxidation sites excluding steroid dienone is 4. The quantitative estimate of drug-likeness (QED) is 0.503. The number of rotatable bonds is 0. The minimum Gasteiger partial charge on any atom is -0.484 e. The average molecular weight is 163 g/mol. The van der Waals surface area contributed by atoms with E-state index in [0.717, 1.165) is 18.7 Å². The molecule has 0 N–H and O–H groups in total. The summed E-state index contributed by atoms with van der Waals surface area (Å²) in [4.78, 5) is 4.11. The summed E-state index contributed by atoms with van der Waals surface area (Å²) in [5.41, 5.74) is 0. The lowest BCUT2D eigenvalue weighted by molar-refractivity contribution is 0.395. The number of aliphatic imine (C=N–C) groups is 1. The fourth-order valence-electron chi connectivity index (χ4n) is 0.881. The smallest absolute Gasteiger partial charge is 0.191 e. The molecule has 2 heteroatoms. The first kappa shape index (κ1) is 8.78. The van der Waals surface area contributed by atoms with E-state index in [1.807, 2.05) is 12.2 Å². The Morgan fingerprint density at radius 2 is 2.17 bits per heavy atom. The summed E-state index contributed by atoms with van der Waals surface area (Å²) in [7, 11) is 1.64. The third kappa shape index (κ3) is 3.19. The van der Waals surface area contributed by atoms with Crippen LogP contribution in [0.1, 0.15) is 12.8 Å². The van der Waals surface area contributed by atoms with E-state index in [0.29, 0.717) is 0 Å². The molecule has 64 valence electrons. The summed E-state index contributed by atoms with van der Waals surface area (Å²) < 4.78 is 5.05. The van der Waals surface area contributed by atoms with Crippen LogP contribution in [0.5, 0.6) is 0 Å². The average Bonchev–Trinajstić information content (AvgIpc) is 2.14. The van der Waals surface area contributed by atoms with Crippen LogP contribution in [0.4, 0.5) is 0 Å². The first-order valence-electron chi connectivity index (χ1n) is 4.01. The molecule has 0 saturated heterocycles. The molecule has 0 aliphatic carbocycles. The molecule has 0 aromatic rings. The normalized spacial score (nSPS) is 25.2. The van der Waals surface area contributed by atoms with E-state index in [4.69, 9.17) is 4.74 Å². The predicted molar refractivity (Wildman–Crippen MR) is 51.1 cm³/mol. The molecule has 0 aromatic heterocycles. The molecule has 1 heterocycles. The maximum absolute atomic E-state index is 5.05. The van der Waals surface area contributed by atoms with Crippen molar-refractivity contribution in [3.63, 3.8) is 0 Å². The van der Waals surface area contributed by atoms with Gasteiger partial charge in [0.2, 0.25) is 0 Å². The maximum atomic E-state index is 5.05. The molecule has 12 heavy (non-hydrogen) atoms. The zero-order valence-corrected chi connectivity index (χ0v) is 7.23. The van der Waals surface area contributed by atoms with Crippen molar-refractivity contribution in [3.05, 3.63) is 36.6 Å². The summed E-state index contributed by atoms with van der Waals surface area (Å²) in [6, 6.07) is 0. The van der Waals surface area contributed by atoms with Crippen molar-refractivity contribution < 1.29 is 4.74 Å². The van der Waals surface area contributed by atoms with Gasteiger partial charge in [-0.25, -0.2) is 4.99 Å². The summed E-state index contributed by atoms with van der Waals surface area (Å²) in [6.07, 6.45) is 13.6. The highest BCUT2D eigenvalue weighted by atomic mass is 16.5. The second kappa shape index (κ2) is 5.35. The van der Waals surface area contributed by atoms with Gasteiger partial charge in [0.15, 0.2) is 5.90 Å². The SMILES string of the molecule is COC1=N/C=C/C=C\C/C=C/C1. The lowest BCUT2D eigenvalue weighted by Crippen LogP contribution is -1.98. The Balaban J connectivity index is 2.66. The van der Waals surface area contributed by atoms with Gasteiger partial charge in [0.1, 0.15) is 0 Å². The van der Waals surface area contributed by atoms with Crippen molar-refractivity contribution in [1.29, 1.82) is 0 Å². The van der Waals surface area contributed by atoms with E-state index < -0.39 is 0 Å². The molecule has 0 unspecified atom stereocenters. The molecular formula is C10H13NO. The zero-order chi connectivity index (χ0) is 8.65. The van der Waals surface area contributed by atoms with Crippen molar-refractivity contribution in [3.8, 4) is 0 Å². The lowest BCUT2D eigenvalue weighted by atomic mass is 10.3. The van der Waals surface area contributed by atoms with E-state index >= 15 is 0 Å². The molecule has 1 rings (SSSR count). The van der Waals surface area contributed by atoms with Crippen molar-refractivity contribution in [2.24, 2.45) is 4.99 Å². The van der Waals surface area contributed by atoms with Gasteiger partial charge in [-0.2, -0.15) is 0 Å². The summed E-state index contributed by atoms with van der Waals surface area (Å²) >= 11 is 0. The van der Waals surface area contributed by atoms with Gasteiger partial charge in [0, 0.05) is 12.6 Å². The molecule has 0 aromatic carbocycles. The fraction of sp³-hybridized carbons (Fsp3) is 0.300. The van der Waals surface area contributed by atoms with Crippen LogP contribution in [-0.4, -0.2) is 13.0 Å². The van der Waals surface area contributed by atoms with Crippen LogP contribution in [0, 0.1) is 0 Å². The Morgan fingerprint density at radius 3 is 3.00 bits per heavy atom. The van der Waals surface area contributed by atoms with Crippen LogP contribution in [0.2, 0.25) is 0 Å². The highest BCUT2D eigenvalue weighted by Gasteiger charge is 1.91. The lowest BCUT2D eigenvalue weighted by Gasteiger charge is -1.99. The van der Waals surface area contributed by atoms with Gasteiger partial charge in [0.25, 0.3) is 0 Å². The Bertz CT molecular complexity index is 236. The number of methoxy groups -OCH3 is 1. The van der Waals surface area contributed by atoms with Crippen molar-refractivity contribution in [1.82, 2.24) is 0 Å². The van der Waals surface area contributed by atoms with Crippen LogP contribution >= 0.6 is 0 Å². The van der Waals surface area contributed by atoms with E-state index in [1.54, 1.807) is 13.3 Å². The molecule has 0 saturated carbocycles. The molecule has 0 fully saturated rings. The first-order valence-corrected chi connectivity index (χ1v) is 4.01. The standard InChI is InChI=1S/C10H13NO/c1-12-10-8-6-4-2-3-5-7-9-11-10/h3-7,9H,2,8H2,1H3/b5-3-,6-4+,9-7+,11-10?. The van der Waals surface area contributed by atoms with Crippen LogP contribution in [0.3, 0.4) is 0 Å². The maximum Gasteiger partial charge on any atom is 0.191 e. The van der Waals surface area contributed by atoms with Crippen molar-refractivity contribution >= 4 is 5.90 Å². The van der Waals surface area contributed by atoms with Crippen LogP contribution < -0.4 is 0 Å². The zero-order valence-electron chi connectivity index (χ0n) is 7.23. The number of ether oxygens (including phenoxy) is 1. The second-order valence-corrected chi connectivity index (χ2v) is 2.41. The van der Waals surface area contributed by atoms with Gasteiger partial charge in [-0.05, 0) is 12.5 Å². The highest BCUT2D eigenvalue weighted by molar-refractivity contribution is 5.78. The minimum absolute atomic E-state index is 0.748. The molecule has 0 bridgehead atoms. The van der Waals surface area contributed by atoms with Gasteiger partial charge >= 0.3 is 0 Å². The van der Waals surface area contributed by atoms with Gasteiger partial charge in [-0.15, -0.1) is 0 Å². The first-order chi connectivity index (χ1) is 5.93. The fourth-order valence-corrected chi connectivity index (χ4v) is 0.881. The van der Waals surface area contributed by atoms with E-state index in [9.17, 15) is 0 Å². The van der Waals surface area contributed by atoms with Gasteiger partial charge < -0.3 is 4.74 Å². The highest BCUT2D eigenvalue weighted by Crippen LogP contribution is 1.97. The third-order valence-corrected chi connectivity index (χ3v) is 1.52. The largest absolute Gasteiger partial charge is 0.484 e. The molecule has 2 nitrogen and oxygen atoms in total. The predicted octanol–water partition coefficient (Wildman–Crippen LogP) is 2.45. The Morgan fingerprint density at radius 1 is 1.25 bits per heavy atom. The van der Waals surface area contributed by atoms with Crippen LogP contribution in [0.15, 0.2) is 41.6 Å². The van der Waals surface area contributed by atoms with Gasteiger partial charge in [0.05, 0.1) is 7.11 Å². The molecule has 0 radical (unpaired) electrons. The number of hydrogen-bond donors (Lipinski definition) is 0. The van der Waals surface area contributed by atoms with Gasteiger partial charge in [-0.3, -0.25) is 0 Å². The topological polar surface area (TPSA) is 21.6 Å². The van der Waals surface area contributed by atoms with Crippen molar-refractivity contribution in [2.45, 2.75) is 12.8 Å². The van der Waals surface area contributed by atoms with Crippen molar-refractivity contribution in [2.75, 3.05) is 7.11 Å². The Labute approximate surface area is 73.0 Å². The molecule has 1 aliphatic heterocycles. The number of hydrogen-bond acceptors (Lipinski definition) is 2. The van der Waals surface area contributed by atoms with Crippen LogP contribution in [0.25, 0.3) is 0 Å². The Hall–Kier alpha value is -1.31. The molecule has 0 atom stereocenters. The second-order valence-electron chi connectivity index (χ2n) is 2.41. The third-order valence-electron chi connectivity index (χ3n) is 1.52. The summed E-state index contributed by atoms with van der Waals surface area (Å²) in [5, 5.41) is 0. The molecule has 0 amide bonds. The van der Waals surface area contributed by atoms with Crippen LogP contribution in [-0.2, 0) is 4.74 Å². The summed E-state index contributed by atoms with van der Waals surface area (Å²) in [6.45, 7) is 0. The number of nitrogens with zero attached hydrogens (tertiary/aromatic N) is 1. The van der Waals surface area contributed by atoms with E-state index in [-0.39, 0.29) is 0 Å². The monoisotopic (exact) mass is 163 g/mol.